The zero-order valence-corrected chi connectivity index (χ0v) is 13.8. The minimum Gasteiger partial charge on any atom is -0.494 e. The Morgan fingerprint density at radius 1 is 1.38 bits per heavy atom. The minimum atomic E-state index is -0.222. The van der Waals surface area contributed by atoms with Gasteiger partial charge in [-0.3, -0.25) is 0 Å². The normalized spacial score (nSPS) is 17.1. The number of hydrogen-bond donors (Lipinski definition) is 1. The van der Waals surface area contributed by atoms with E-state index in [0.717, 1.165) is 29.5 Å². The van der Waals surface area contributed by atoms with Crippen LogP contribution in [0.15, 0.2) is 18.2 Å². The summed E-state index contributed by atoms with van der Waals surface area (Å²) in [6.45, 7) is 3.04. The Bertz CT molecular complexity index is 435. The highest BCUT2D eigenvalue weighted by Crippen LogP contribution is 2.33. The minimum absolute atomic E-state index is 0.0608. The first-order valence-electron chi connectivity index (χ1n) is 7.93. The molecule has 118 valence electrons. The maximum atomic E-state index is 14.5. The van der Waals surface area contributed by atoms with Gasteiger partial charge in [0.25, 0.3) is 0 Å². The molecule has 1 aliphatic carbocycles. The van der Waals surface area contributed by atoms with Crippen molar-refractivity contribution in [3.8, 4) is 5.75 Å². The van der Waals surface area contributed by atoms with E-state index in [4.69, 9.17) is 4.74 Å². The first-order chi connectivity index (χ1) is 10.3. The average Bonchev–Trinajstić information content (AvgIpc) is 3.01. The zero-order chi connectivity index (χ0) is 15.1. The summed E-state index contributed by atoms with van der Waals surface area (Å²) in [5.41, 5.74) is 0.730. The van der Waals surface area contributed by atoms with Gasteiger partial charge in [0.05, 0.1) is 7.11 Å². The molecule has 1 aliphatic rings. The number of ether oxygens (including phenoxy) is 1. The van der Waals surface area contributed by atoms with Crippen LogP contribution in [-0.2, 0) is 0 Å². The van der Waals surface area contributed by atoms with E-state index in [-0.39, 0.29) is 11.9 Å². The number of nitrogens with one attached hydrogen (secondary N) is 1. The van der Waals surface area contributed by atoms with Crippen molar-refractivity contribution in [1.29, 1.82) is 0 Å². The molecule has 0 amide bonds. The first-order valence-corrected chi connectivity index (χ1v) is 8.98. The van der Waals surface area contributed by atoms with Gasteiger partial charge in [0.1, 0.15) is 0 Å². The van der Waals surface area contributed by atoms with Crippen LogP contribution in [0.3, 0.4) is 0 Å². The van der Waals surface area contributed by atoms with E-state index in [1.54, 1.807) is 6.07 Å². The molecule has 1 atom stereocenters. The summed E-state index contributed by atoms with van der Waals surface area (Å²) in [4.78, 5) is 0. The Balaban J connectivity index is 2.06. The van der Waals surface area contributed by atoms with Gasteiger partial charge in [-0.05, 0) is 31.9 Å². The lowest BCUT2D eigenvalue weighted by Crippen LogP contribution is -2.26. The van der Waals surface area contributed by atoms with E-state index < -0.39 is 0 Å². The third-order valence-corrected chi connectivity index (χ3v) is 5.50. The van der Waals surface area contributed by atoms with Crippen molar-refractivity contribution < 1.29 is 9.13 Å². The van der Waals surface area contributed by atoms with Gasteiger partial charge in [-0.15, -0.1) is 0 Å². The molecule has 0 radical (unpaired) electrons. The van der Waals surface area contributed by atoms with Crippen LogP contribution in [0, 0.1) is 5.82 Å². The van der Waals surface area contributed by atoms with Crippen LogP contribution in [-0.4, -0.2) is 24.7 Å². The molecule has 0 aliphatic heterocycles. The van der Waals surface area contributed by atoms with Gasteiger partial charge in [0, 0.05) is 22.6 Å². The summed E-state index contributed by atoms with van der Waals surface area (Å²) in [7, 11) is 1.52. The predicted octanol–water partition coefficient (Wildman–Crippen LogP) is 4.55. The standard InChI is InChI=1S/C17H26FNOS/c1-3-11-19-15(12-21-13-7-4-5-8-13)14-9-6-10-16(20-2)17(14)18/h6,9-10,13,15,19H,3-5,7-8,11-12H2,1-2H3. The van der Waals surface area contributed by atoms with Crippen molar-refractivity contribution in [2.75, 3.05) is 19.4 Å². The molecule has 1 fully saturated rings. The Kier molecular flexibility index (Phi) is 6.84. The fraction of sp³-hybridized carbons (Fsp3) is 0.647. The lowest BCUT2D eigenvalue weighted by atomic mass is 10.1. The van der Waals surface area contributed by atoms with Gasteiger partial charge < -0.3 is 10.1 Å². The number of methoxy groups -OCH3 is 1. The van der Waals surface area contributed by atoms with Crippen molar-refractivity contribution in [3.63, 3.8) is 0 Å². The van der Waals surface area contributed by atoms with Crippen LogP contribution in [0.1, 0.15) is 50.6 Å². The Labute approximate surface area is 131 Å². The molecule has 1 unspecified atom stereocenters. The van der Waals surface area contributed by atoms with Crippen LogP contribution in [0.4, 0.5) is 4.39 Å². The molecular weight excluding hydrogens is 285 g/mol. The van der Waals surface area contributed by atoms with Crippen molar-refractivity contribution in [2.24, 2.45) is 0 Å². The number of halogens is 1. The monoisotopic (exact) mass is 311 g/mol. The molecule has 0 saturated heterocycles. The molecule has 2 rings (SSSR count). The highest BCUT2D eigenvalue weighted by atomic mass is 32.2. The molecule has 2 nitrogen and oxygen atoms in total. The number of rotatable bonds is 8. The highest BCUT2D eigenvalue weighted by molar-refractivity contribution is 7.99. The summed E-state index contributed by atoms with van der Waals surface area (Å²) in [5.74, 6) is 1.04. The molecule has 1 aromatic carbocycles. The van der Waals surface area contributed by atoms with Crippen LogP contribution in [0.5, 0.6) is 5.75 Å². The molecule has 1 saturated carbocycles. The summed E-state index contributed by atoms with van der Waals surface area (Å²) in [6.07, 6.45) is 6.37. The van der Waals surface area contributed by atoms with Gasteiger partial charge in [0.2, 0.25) is 0 Å². The van der Waals surface area contributed by atoms with E-state index in [1.807, 2.05) is 23.9 Å². The molecule has 0 spiro atoms. The number of benzene rings is 1. The van der Waals surface area contributed by atoms with E-state index in [1.165, 1.54) is 32.8 Å². The predicted molar refractivity (Wildman–Crippen MR) is 88.7 cm³/mol. The average molecular weight is 311 g/mol. The quantitative estimate of drug-likeness (QED) is 0.761. The van der Waals surface area contributed by atoms with Crippen molar-refractivity contribution in [2.45, 2.75) is 50.3 Å². The second-order valence-electron chi connectivity index (χ2n) is 5.61. The van der Waals surface area contributed by atoms with Crippen LogP contribution >= 0.6 is 11.8 Å². The summed E-state index contributed by atoms with van der Waals surface area (Å²) >= 11 is 1.99. The largest absolute Gasteiger partial charge is 0.494 e. The second kappa shape index (κ2) is 8.64. The van der Waals surface area contributed by atoms with Crippen LogP contribution in [0.25, 0.3) is 0 Å². The van der Waals surface area contributed by atoms with Crippen molar-refractivity contribution in [1.82, 2.24) is 5.32 Å². The Hall–Kier alpha value is -0.740. The third kappa shape index (κ3) is 4.62. The lowest BCUT2D eigenvalue weighted by Gasteiger charge is -2.21. The number of hydrogen-bond acceptors (Lipinski definition) is 3. The van der Waals surface area contributed by atoms with E-state index in [9.17, 15) is 4.39 Å². The van der Waals surface area contributed by atoms with E-state index in [0.29, 0.717) is 5.75 Å². The molecule has 0 heterocycles. The van der Waals surface area contributed by atoms with Crippen LogP contribution < -0.4 is 10.1 Å². The summed E-state index contributed by atoms with van der Waals surface area (Å²) in [6, 6.07) is 5.49. The topological polar surface area (TPSA) is 21.3 Å². The van der Waals surface area contributed by atoms with Crippen molar-refractivity contribution in [3.05, 3.63) is 29.6 Å². The van der Waals surface area contributed by atoms with Gasteiger partial charge >= 0.3 is 0 Å². The Morgan fingerprint density at radius 2 is 2.14 bits per heavy atom. The summed E-state index contributed by atoms with van der Waals surface area (Å²) < 4.78 is 19.6. The van der Waals surface area contributed by atoms with Gasteiger partial charge in [0.15, 0.2) is 11.6 Å². The molecule has 21 heavy (non-hydrogen) atoms. The summed E-state index contributed by atoms with van der Waals surface area (Å²) in [5, 5.41) is 4.24. The van der Waals surface area contributed by atoms with Gasteiger partial charge in [-0.25, -0.2) is 4.39 Å². The number of thioether (sulfide) groups is 1. The lowest BCUT2D eigenvalue weighted by molar-refractivity contribution is 0.381. The first kappa shape index (κ1) is 16.6. The van der Waals surface area contributed by atoms with Crippen LogP contribution in [0.2, 0.25) is 0 Å². The van der Waals surface area contributed by atoms with E-state index in [2.05, 4.69) is 12.2 Å². The van der Waals surface area contributed by atoms with Gasteiger partial charge in [-0.1, -0.05) is 31.9 Å². The maximum Gasteiger partial charge on any atom is 0.169 e. The second-order valence-corrected chi connectivity index (χ2v) is 6.94. The molecular formula is C17H26FNOS. The third-order valence-electron chi connectivity index (χ3n) is 4.03. The molecule has 0 bridgehead atoms. The molecule has 0 aromatic heterocycles. The molecule has 1 aromatic rings. The maximum absolute atomic E-state index is 14.5. The smallest absolute Gasteiger partial charge is 0.169 e. The van der Waals surface area contributed by atoms with E-state index >= 15 is 0 Å². The fourth-order valence-corrected chi connectivity index (χ4v) is 4.25. The SMILES string of the molecule is CCCNC(CSC1CCCC1)c1cccc(OC)c1F. The molecule has 4 heteroatoms. The zero-order valence-electron chi connectivity index (χ0n) is 13.0. The fourth-order valence-electron chi connectivity index (χ4n) is 2.82. The Morgan fingerprint density at radius 3 is 2.81 bits per heavy atom. The van der Waals surface area contributed by atoms with Crippen molar-refractivity contribution >= 4 is 11.8 Å². The highest BCUT2D eigenvalue weighted by Gasteiger charge is 2.21. The molecule has 1 N–H and O–H groups in total. The van der Waals surface area contributed by atoms with Gasteiger partial charge in [-0.2, -0.15) is 11.8 Å².